The average molecular weight is 318 g/mol. The fourth-order valence-corrected chi connectivity index (χ4v) is 3.68. The normalized spacial score (nSPS) is 30.8. The second kappa shape index (κ2) is 4.53. The molecule has 2 aliphatic rings. The second-order valence-electron chi connectivity index (χ2n) is 6.94. The van der Waals surface area contributed by atoms with Crippen molar-refractivity contribution in [2.75, 3.05) is 5.32 Å². The summed E-state index contributed by atoms with van der Waals surface area (Å²) in [5, 5.41) is 13.5. The maximum atomic E-state index is 12.8. The van der Waals surface area contributed by atoms with Crippen molar-refractivity contribution >= 4 is 23.3 Å². The standard InChI is InChI=1S/C16H18N2O5/c1-14(2)15(3)7-8-16(14,23-13(15)20)12(19)17-10-5-4-6-11(9-10)18(21)22/h4-6,9H,7-8H2,1-3H3,(H,17,19). The fourth-order valence-electron chi connectivity index (χ4n) is 3.68. The number of rotatable bonds is 3. The van der Waals surface area contributed by atoms with Gasteiger partial charge in [0.1, 0.15) is 0 Å². The fraction of sp³-hybridized carbons (Fsp3) is 0.500. The molecule has 7 nitrogen and oxygen atoms in total. The highest BCUT2D eigenvalue weighted by Gasteiger charge is 2.75. The molecule has 1 saturated carbocycles. The Morgan fingerprint density at radius 3 is 2.52 bits per heavy atom. The third kappa shape index (κ3) is 1.82. The Morgan fingerprint density at radius 2 is 2.00 bits per heavy atom. The Labute approximate surface area is 133 Å². The smallest absolute Gasteiger partial charge is 0.313 e. The van der Waals surface area contributed by atoms with Crippen molar-refractivity contribution in [1.82, 2.24) is 0 Å². The van der Waals surface area contributed by atoms with E-state index in [9.17, 15) is 19.7 Å². The van der Waals surface area contributed by atoms with Gasteiger partial charge in [0, 0.05) is 23.2 Å². The zero-order valence-electron chi connectivity index (χ0n) is 13.2. The van der Waals surface area contributed by atoms with Gasteiger partial charge in [-0.15, -0.1) is 0 Å². The summed E-state index contributed by atoms with van der Waals surface area (Å²) in [6, 6.07) is 5.70. The molecule has 1 aromatic carbocycles. The first-order valence-electron chi connectivity index (χ1n) is 7.43. The molecule has 7 heteroatoms. The van der Waals surface area contributed by atoms with Gasteiger partial charge < -0.3 is 10.1 Å². The number of carbonyl (C=O) groups excluding carboxylic acids is 2. The lowest BCUT2D eigenvalue weighted by molar-refractivity contribution is -0.384. The number of anilines is 1. The summed E-state index contributed by atoms with van der Waals surface area (Å²) in [6.45, 7) is 5.54. The van der Waals surface area contributed by atoms with Crippen molar-refractivity contribution < 1.29 is 19.2 Å². The van der Waals surface area contributed by atoms with Crippen LogP contribution >= 0.6 is 0 Å². The van der Waals surface area contributed by atoms with E-state index in [0.29, 0.717) is 18.5 Å². The van der Waals surface area contributed by atoms with E-state index >= 15 is 0 Å². The minimum atomic E-state index is -1.23. The van der Waals surface area contributed by atoms with Gasteiger partial charge in [-0.05, 0) is 25.8 Å². The van der Waals surface area contributed by atoms with E-state index in [2.05, 4.69) is 5.32 Å². The predicted molar refractivity (Wildman–Crippen MR) is 81.7 cm³/mol. The second-order valence-corrected chi connectivity index (χ2v) is 6.94. The lowest BCUT2D eigenvalue weighted by atomic mass is 9.66. The van der Waals surface area contributed by atoms with Gasteiger partial charge in [0.15, 0.2) is 5.60 Å². The lowest BCUT2D eigenvalue weighted by Crippen LogP contribution is -2.50. The third-order valence-electron chi connectivity index (χ3n) is 5.77. The third-order valence-corrected chi connectivity index (χ3v) is 5.77. The van der Waals surface area contributed by atoms with Crippen molar-refractivity contribution in [1.29, 1.82) is 0 Å². The monoisotopic (exact) mass is 318 g/mol. The molecule has 1 aliphatic carbocycles. The molecule has 1 saturated heterocycles. The lowest BCUT2D eigenvalue weighted by Gasteiger charge is -2.35. The summed E-state index contributed by atoms with van der Waals surface area (Å²) in [7, 11) is 0. The van der Waals surface area contributed by atoms with Crippen molar-refractivity contribution in [2.24, 2.45) is 10.8 Å². The Balaban J connectivity index is 1.91. The number of hydrogen-bond donors (Lipinski definition) is 1. The van der Waals surface area contributed by atoms with Gasteiger partial charge in [-0.1, -0.05) is 19.9 Å². The van der Waals surface area contributed by atoms with E-state index < -0.39 is 27.3 Å². The number of benzene rings is 1. The van der Waals surface area contributed by atoms with E-state index in [4.69, 9.17) is 4.74 Å². The number of ether oxygens (including phenoxy) is 1. The highest BCUT2D eigenvalue weighted by molar-refractivity contribution is 6.03. The van der Waals surface area contributed by atoms with Gasteiger partial charge >= 0.3 is 5.97 Å². The van der Waals surface area contributed by atoms with Gasteiger partial charge in [0.05, 0.1) is 10.3 Å². The molecule has 1 N–H and O–H groups in total. The van der Waals surface area contributed by atoms with Crippen LogP contribution in [0.5, 0.6) is 0 Å². The minimum absolute atomic E-state index is 0.112. The van der Waals surface area contributed by atoms with Crippen LogP contribution in [0.25, 0.3) is 0 Å². The number of nitrogens with zero attached hydrogens (tertiary/aromatic N) is 1. The van der Waals surface area contributed by atoms with E-state index in [-0.39, 0.29) is 11.7 Å². The Bertz CT molecular complexity index is 729. The number of non-ortho nitro benzene ring substituents is 1. The molecule has 2 bridgehead atoms. The number of nitrogens with one attached hydrogen (secondary N) is 1. The number of nitro groups is 1. The molecule has 122 valence electrons. The first-order chi connectivity index (χ1) is 10.6. The number of nitro benzene ring substituents is 1. The van der Waals surface area contributed by atoms with Crippen LogP contribution in [-0.2, 0) is 14.3 Å². The van der Waals surface area contributed by atoms with Gasteiger partial charge in [-0.3, -0.25) is 19.7 Å². The zero-order chi connectivity index (χ0) is 17.0. The molecule has 1 heterocycles. The minimum Gasteiger partial charge on any atom is -0.448 e. The van der Waals surface area contributed by atoms with Crippen LogP contribution in [0.1, 0.15) is 33.6 Å². The summed E-state index contributed by atoms with van der Waals surface area (Å²) in [5.41, 5.74) is -2.37. The van der Waals surface area contributed by atoms with E-state index in [1.807, 2.05) is 20.8 Å². The van der Waals surface area contributed by atoms with Crippen molar-refractivity contribution in [2.45, 2.75) is 39.2 Å². The average Bonchev–Trinajstić information content (AvgIpc) is 2.78. The maximum absolute atomic E-state index is 12.8. The molecule has 23 heavy (non-hydrogen) atoms. The molecule has 0 aromatic heterocycles. The highest BCUT2D eigenvalue weighted by atomic mass is 16.6. The number of esters is 1. The molecule has 3 rings (SSSR count). The van der Waals surface area contributed by atoms with Crippen LogP contribution in [0, 0.1) is 20.9 Å². The van der Waals surface area contributed by atoms with Crippen LogP contribution in [0.4, 0.5) is 11.4 Å². The largest absolute Gasteiger partial charge is 0.448 e. The number of fused-ring (bicyclic) bond motifs is 2. The summed E-state index contributed by atoms with van der Waals surface area (Å²) in [4.78, 5) is 35.3. The van der Waals surface area contributed by atoms with E-state index in [1.165, 1.54) is 18.2 Å². The van der Waals surface area contributed by atoms with Crippen molar-refractivity contribution in [3.05, 3.63) is 34.4 Å². The molecular weight excluding hydrogens is 300 g/mol. The number of hydrogen-bond acceptors (Lipinski definition) is 5. The Hall–Kier alpha value is -2.44. The van der Waals surface area contributed by atoms with Crippen LogP contribution in [-0.4, -0.2) is 22.4 Å². The quantitative estimate of drug-likeness (QED) is 0.525. The molecule has 2 unspecified atom stereocenters. The predicted octanol–water partition coefficient (Wildman–Crippen LogP) is 2.66. The summed E-state index contributed by atoms with van der Waals surface area (Å²) in [5.74, 6) is -0.791. The van der Waals surface area contributed by atoms with Crippen LogP contribution in [0.3, 0.4) is 0 Å². The van der Waals surface area contributed by atoms with Gasteiger partial charge in [0.2, 0.25) is 0 Å². The Kier molecular flexibility index (Phi) is 3.05. The first-order valence-corrected chi connectivity index (χ1v) is 7.43. The van der Waals surface area contributed by atoms with Crippen molar-refractivity contribution in [3.63, 3.8) is 0 Å². The van der Waals surface area contributed by atoms with E-state index in [1.54, 1.807) is 6.07 Å². The zero-order valence-corrected chi connectivity index (χ0v) is 13.2. The maximum Gasteiger partial charge on any atom is 0.313 e. The summed E-state index contributed by atoms with van der Waals surface area (Å²) >= 11 is 0. The molecule has 2 fully saturated rings. The van der Waals surface area contributed by atoms with Gasteiger partial charge in [-0.25, -0.2) is 0 Å². The number of amides is 1. The molecular formula is C16H18N2O5. The molecule has 0 spiro atoms. The summed E-state index contributed by atoms with van der Waals surface area (Å²) in [6.07, 6.45) is 1.03. The Morgan fingerprint density at radius 1 is 1.30 bits per heavy atom. The SMILES string of the molecule is CC12CCC(C(=O)Nc3cccc([N+](=O)[O-])c3)(OC1=O)C2(C)C. The molecule has 2 atom stereocenters. The van der Waals surface area contributed by atoms with Gasteiger partial charge in [-0.2, -0.15) is 0 Å². The van der Waals surface area contributed by atoms with Crippen LogP contribution in [0.15, 0.2) is 24.3 Å². The molecule has 1 aromatic rings. The van der Waals surface area contributed by atoms with Gasteiger partial charge in [0.25, 0.3) is 11.6 Å². The topological polar surface area (TPSA) is 98.5 Å². The van der Waals surface area contributed by atoms with Crippen LogP contribution in [0.2, 0.25) is 0 Å². The summed E-state index contributed by atoms with van der Waals surface area (Å²) < 4.78 is 5.49. The van der Waals surface area contributed by atoms with E-state index in [0.717, 1.165) is 0 Å². The van der Waals surface area contributed by atoms with Crippen LogP contribution < -0.4 is 5.32 Å². The molecule has 1 amide bonds. The molecule has 1 aliphatic heterocycles. The van der Waals surface area contributed by atoms with Crippen molar-refractivity contribution in [3.8, 4) is 0 Å². The highest BCUT2D eigenvalue weighted by Crippen LogP contribution is 2.65. The number of carbonyl (C=O) groups is 2. The first kappa shape index (κ1) is 15.5. The molecule has 0 radical (unpaired) electrons.